The molecule has 5 heteroatoms. The lowest BCUT2D eigenvalue weighted by molar-refractivity contribution is 0.0824. The summed E-state index contributed by atoms with van der Waals surface area (Å²) >= 11 is 0. The molecule has 0 radical (unpaired) electrons. The van der Waals surface area contributed by atoms with Crippen molar-refractivity contribution in [3.63, 3.8) is 0 Å². The molecule has 1 N–H and O–H groups in total. The maximum Gasteiger partial charge on any atom is 0.119 e. The van der Waals surface area contributed by atoms with E-state index < -0.39 is 0 Å². The van der Waals surface area contributed by atoms with E-state index in [1.807, 2.05) is 12.7 Å². The second-order valence-electron chi connectivity index (χ2n) is 5.56. The predicted octanol–water partition coefficient (Wildman–Crippen LogP) is 0.742. The van der Waals surface area contributed by atoms with Crippen LogP contribution in [0, 0.1) is 5.92 Å². The Labute approximate surface area is 109 Å². The van der Waals surface area contributed by atoms with E-state index in [-0.39, 0.29) is 0 Å². The van der Waals surface area contributed by atoms with Gasteiger partial charge in [-0.2, -0.15) is 0 Å². The van der Waals surface area contributed by atoms with E-state index in [9.17, 15) is 0 Å². The Morgan fingerprint density at radius 3 is 2.56 bits per heavy atom. The van der Waals surface area contributed by atoms with Crippen LogP contribution in [0.25, 0.3) is 0 Å². The highest BCUT2D eigenvalue weighted by molar-refractivity contribution is 4.86. The fraction of sp³-hybridized carbons (Fsp3) is 0.846. The molecule has 0 amide bonds. The van der Waals surface area contributed by atoms with Crippen LogP contribution >= 0.6 is 0 Å². The molecule has 3 rings (SSSR count). The van der Waals surface area contributed by atoms with Crippen molar-refractivity contribution in [1.82, 2.24) is 25.0 Å². The average Bonchev–Trinajstić information content (AvgIpc) is 2.93. The third-order valence-corrected chi connectivity index (χ3v) is 4.40. The molecule has 1 aromatic rings. The van der Waals surface area contributed by atoms with E-state index in [0.717, 1.165) is 31.6 Å². The van der Waals surface area contributed by atoms with Gasteiger partial charge >= 0.3 is 0 Å². The Kier molecular flexibility index (Phi) is 3.90. The van der Waals surface area contributed by atoms with Crippen molar-refractivity contribution in [2.75, 3.05) is 26.2 Å². The van der Waals surface area contributed by atoms with Crippen molar-refractivity contribution in [1.29, 1.82) is 0 Å². The number of piperazine rings is 1. The lowest BCUT2D eigenvalue weighted by atomic mass is 9.83. The van der Waals surface area contributed by atoms with Crippen molar-refractivity contribution >= 4 is 0 Å². The van der Waals surface area contributed by atoms with Crippen LogP contribution in [0.15, 0.2) is 12.7 Å². The van der Waals surface area contributed by atoms with E-state index in [1.54, 1.807) is 0 Å². The number of rotatable bonds is 3. The molecule has 1 aliphatic heterocycles. The van der Waals surface area contributed by atoms with Crippen LogP contribution in [-0.2, 0) is 6.54 Å². The summed E-state index contributed by atoms with van der Waals surface area (Å²) in [5, 5.41) is 11.3. The van der Waals surface area contributed by atoms with Crippen LogP contribution in [0.3, 0.4) is 0 Å². The van der Waals surface area contributed by atoms with Gasteiger partial charge < -0.3 is 9.88 Å². The minimum Gasteiger partial charge on any atom is -0.320 e. The summed E-state index contributed by atoms with van der Waals surface area (Å²) in [5.41, 5.74) is 0. The van der Waals surface area contributed by atoms with Gasteiger partial charge in [0.25, 0.3) is 0 Å². The molecule has 2 fully saturated rings. The topological polar surface area (TPSA) is 46.0 Å². The highest BCUT2D eigenvalue weighted by Crippen LogP contribution is 2.29. The summed E-state index contributed by atoms with van der Waals surface area (Å²) in [4.78, 5) is 2.70. The number of hydrogen-bond donors (Lipinski definition) is 1. The van der Waals surface area contributed by atoms with E-state index in [4.69, 9.17) is 0 Å². The Morgan fingerprint density at radius 1 is 1.06 bits per heavy atom. The van der Waals surface area contributed by atoms with Crippen LogP contribution in [0.5, 0.6) is 0 Å². The summed E-state index contributed by atoms with van der Waals surface area (Å²) in [6.45, 7) is 5.81. The Bertz CT molecular complexity index is 344. The molecule has 0 spiro atoms. The van der Waals surface area contributed by atoms with Crippen molar-refractivity contribution in [3.8, 4) is 0 Å². The molecular weight excluding hydrogens is 226 g/mol. The second-order valence-corrected chi connectivity index (χ2v) is 5.56. The minimum absolute atomic E-state index is 0.767. The summed E-state index contributed by atoms with van der Waals surface area (Å²) in [5.74, 6) is 0.771. The summed E-state index contributed by atoms with van der Waals surface area (Å²) in [7, 11) is 0. The fourth-order valence-electron chi connectivity index (χ4n) is 3.48. The number of nitrogens with one attached hydrogen (secondary N) is 1. The zero-order chi connectivity index (χ0) is 12.2. The quantitative estimate of drug-likeness (QED) is 0.858. The van der Waals surface area contributed by atoms with Gasteiger partial charge in [-0.15, -0.1) is 10.2 Å². The van der Waals surface area contributed by atoms with Gasteiger partial charge in [0, 0.05) is 38.8 Å². The van der Waals surface area contributed by atoms with Gasteiger partial charge in [0.15, 0.2) is 0 Å². The normalized spacial score (nSPS) is 30.4. The maximum absolute atomic E-state index is 3.91. The van der Waals surface area contributed by atoms with Crippen molar-refractivity contribution in [3.05, 3.63) is 12.7 Å². The molecule has 1 saturated carbocycles. The van der Waals surface area contributed by atoms with E-state index >= 15 is 0 Å². The zero-order valence-corrected chi connectivity index (χ0v) is 11.0. The first-order valence-electron chi connectivity index (χ1n) is 7.20. The van der Waals surface area contributed by atoms with Gasteiger partial charge in [0.1, 0.15) is 12.7 Å². The first-order valence-corrected chi connectivity index (χ1v) is 7.20. The number of aromatic nitrogens is 3. The lowest BCUT2D eigenvalue weighted by Gasteiger charge is -2.42. The molecule has 5 nitrogen and oxygen atoms in total. The van der Waals surface area contributed by atoms with Gasteiger partial charge in [-0.3, -0.25) is 4.90 Å². The molecule has 0 bridgehead atoms. The molecule has 2 aliphatic rings. The molecule has 2 heterocycles. The Morgan fingerprint density at radius 2 is 1.78 bits per heavy atom. The number of nitrogens with zero attached hydrogens (tertiary/aromatic N) is 4. The van der Waals surface area contributed by atoms with E-state index in [1.165, 1.54) is 38.8 Å². The minimum atomic E-state index is 0.767. The first kappa shape index (κ1) is 12.1. The third-order valence-electron chi connectivity index (χ3n) is 4.40. The van der Waals surface area contributed by atoms with Gasteiger partial charge in [-0.25, -0.2) is 0 Å². The zero-order valence-electron chi connectivity index (χ0n) is 11.0. The molecule has 2 unspecified atom stereocenters. The van der Waals surface area contributed by atoms with Crippen LogP contribution < -0.4 is 5.32 Å². The van der Waals surface area contributed by atoms with Crippen molar-refractivity contribution in [2.45, 2.75) is 38.3 Å². The standard InChI is InChI=1S/C13H23N5/c1-2-4-13(18-7-5-14-6-8-18)12(3-1)9-17-10-15-16-11-17/h10-14H,1-9H2. The summed E-state index contributed by atoms with van der Waals surface area (Å²) in [6.07, 6.45) is 9.20. The Balaban J connectivity index is 1.65. The number of hydrogen-bond acceptors (Lipinski definition) is 4. The molecule has 100 valence electrons. The van der Waals surface area contributed by atoms with Crippen LogP contribution in [0.1, 0.15) is 25.7 Å². The highest BCUT2D eigenvalue weighted by Gasteiger charge is 2.30. The molecular formula is C13H23N5. The van der Waals surface area contributed by atoms with Crippen LogP contribution in [0.2, 0.25) is 0 Å². The molecule has 1 saturated heterocycles. The molecule has 1 aliphatic carbocycles. The molecule has 2 atom stereocenters. The van der Waals surface area contributed by atoms with Gasteiger partial charge in [-0.05, 0) is 18.8 Å². The fourth-order valence-corrected chi connectivity index (χ4v) is 3.48. The highest BCUT2D eigenvalue weighted by atomic mass is 15.2. The van der Waals surface area contributed by atoms with Gasteiger partial charge in [0.2, 0.25) is 0 Å². The molecule has 1 aromatic heterocycles. The second kappa shape index (κ2) is 5.80. The van der Waals surface area contributed by atoms with Gasteiger partial charge in [0.05, 0.1) is 0 Å². The Hall–Kier alpha value is -0.940. The monoisotopic (exact) mass is 249 g/mol. The smallest absolute Gasteiger partial charge is 0.119 e. The molecule has 0 aromatic carbocycles. The summed E-state index contributed by atoms with van der Waals surface area (Å²) in [6, 6.07) is 0.767. The van der Waals surface area contributed by atoms with Crippen LogP contribution in [-0.4, -0.2) is 51.9 Å². The van der Waals surface area contributed by atoms with E-state index in [0.29, 0.717) is 0 Å². The van der Waals surface area contributed by atoms with Crippen molar-refractivity contribution < 1.29 is 0 Å². The van der Waals surface area contributed by atoms with Gasteiger partial charge in [-0.1, -0.05) is 12.8 Å². The maximum atomic E-state index is 3.91. The lowest BCUT2D eigenvalue weighted by Crippen LogP contribution is -2.52. The van der Waals surface area contributed by atoms with E-state index in [2.05, 4.69) is 25.0 Å². The molecule has 18 heavy (non-hydrogen) atoms. The van der Waals surface area contributed by atoms with Crippen LogP contribution in [0.4, 0.5) is 0 Å². The third kappa shape index (κ3) is 2.72. The predicted molar refractivity (Wildman–Crippen MR) is 70.2 cm³/mol. The largest absolute Gasteiger partial charge is 0.320 e. The SMILES string of the molecule is c1nncn1CC1CCCCC1N1CCNCC1. The summed E-state index contributed by atoms with van der Waals surface area (Å²) < 4.78 is 2.14. The average molecular weight is 249 g/mol. The first-order chi connectivity index (χ1) is 8.93. The van der Waals surface area contributed by atoms with Crippen molar-refractivity contribution in [2.24, 2.45) is 5.92 Å².